The van der Waals surface area contributed by atoms with Crippen LogP contribution < -0.4 is 15.8 Å². The van der Waals surface area contributed by atoms with E-state index in [-0.39, 0.29) is 17.9 Å². The number of nitrogens with one attached hydrogen (secondary N) is 2. The van der Waals surface area contributed by atoms with Crippen LogP contribution in [-0.2, 0) is 17.6 Å². The maximum atomic E-state index is 12.6. The number of carbonyl (C=O) groups is 1. The van der Waals surface area contributed by atoms with Gasteiger partial charge >= 0.3 is 5.97 Å². The molecule has 1 fully saturated rings. The fourth-order valence-corrected chi connectivity index (χ4v) is 3.81. The van der Waals surface area contributed by atoms with Crippen molar-refractivity contribution in [2.24, 2.45) is 5.73 Å². The highest BCUT2D eigenvalue weighted by Crippen LogP contribution is 2.25. The first kappa shape index (κ1) is 20.9. The van der Waals surface area contributed by atoms with Gasteiger partial charge in [-0.2, -0.15) is 0 Å². The number of hydrogen-bond donors (Lipinski definition) is 3. The van der Waals surface area contributed by atoms with Gasteiger partial charge in [0, 0.05) is 23.9 Å². The van der Waals surface area contributed by atoms with E-state index in [9.17, 15) is 4.79 Å². The number of hydrogen-bond acceptors (Lipinski definition) is 6. The SMILES string of the molecule is CCOC(=O)c1cc(O[C@H]2CCNC2)ccc1CCc1cc2cc(C(=N)N)ccc2o1. The second-order valence-electron chi connectivity index (χ2n) is 7.65. The van der Waals surface area contributed by atoms with Crippen LogP contribution in [0.3, 0.4) is 0 Å². The van der Waals surface area contributed by atoms with E-state index in [0.717, 1.165) is 41.8 Å². The highest BCUT2D eigenvalue weighted by atomic mass is 16.5. The fourth-order valence-electron chi connectivity index (χ4n) is 3.81. The van der Waals surface area contributed by atoms with Gasteiger partial charge in [-0.15, -0.1) is 0 Å². The summed E-state index contributed by atoms with van der Waals surface area (Å²) >= 11 is 0. The topological polar surface area (TPSA) is 111 Å². The van der Waals surface area contributed by atoms with E-state index in [2.05, 4.69) is 5.32 Å². The molecule has 1 aromatic heterocycles. The summed E-state index contributed by atoms with van der Waals surface area (Å²) in [6, 6.07) is 13.0. The highest BCUT2D eigenvalue weighted by molar-refractivity contribution is 5.98. The molecule has 4 rings (SSSR count). The lowest BCUT2D eigenvalue weighted by Gasteiger charge is -2.15. The van der Waals surface area contributed by atoms with E-state index in [1.165, 1.54) is 0 Å². The van der Waals surface area contributed by atoms with Gasteiger partial charge in [0.2, 0.25) is 0 Å². The van der Waals surface area contributed by atoms with Crippen molar-refractivity contribution in [1.82, 2.24) is 5.32 Å². The molecule has 2 aromatic carbocycles. The molecule has 1 aliphatic heterocycles. The van der Waals surface area contributed by atoms with Crippen LogP contribution in [-0.4, -0.2) is 37.6 Å². The molecule has 1 aliphatic rings. The first-order valence-electron chi connectivity index (χ1n) is 10.6. The third-order valence-electron chi connectivity index (χ3n) is 5.41. The summed E-state index contributed by atoms with van der Waals surface area (Å²) in [5.41, 5.74) is 8.41. The molecule has 0 radical (unpaired) electrons. The van der Waals surface area contributed by atoms with Crippen molar-refractivity contribution >= 4 is 22.8 Å². The molecule has 2 heterocycles. The maximum absolute atomic E-state index is 12.6. The molecule has 3 aromatic rings. The second kappa shape index (κ2) is 9.22. The lowest BCUT2D eigenvalue weighted by Crippen LogP contribution is -2.20. The van der Waals surface area contributed by atoms with Crippen molar-refractivity contribution < 1.29 is 18.7 Å². The van der Waals surface area contributed by atoms with Gasteiger partial charge in [0.05, 0.1) is 12.2 Å². The summed E-state index contributed by atoms with van der Waals surface area (Å²) in [6.07, 6.45) is 2.33. The van der Waals surface area contributed by atoms with E-state index in [1.54, 1.807) is 19.1 Å². The van der Waals surface area contributed by atoms with E-state index in [0.29, 0.717) is 36.3 Å². The summed E-state index contributed by atoms with van der Waals surface area (Å²) < 4.78 is 17.2. The average molecular weight is 421 g/mol. The smallest absolute Gasteiger partial charge is 0.338 e. The summed E-state index contributed by atoms with van der Waals surface area (Å²) in [5.74, 6) is 1.17. The molecule has 0 amide bonds. The van der Waals surface area contributed by atoms with Gasteiger partial charge < -0.3 is 24.9 Å². The van der Waals surface area contributed by atoms with Crippen molar-refractivity contribution in [2.45, 2.75) is 32.3 Å². The number of nitrogens with two attached hydrogens (primary N) is 1. The Morgan fingerprint density at radius 3 is 2.84 bits per heavy atom. The van der Waals surface area contributed by atoms with Gasteiger partial charge in [-0.25, -0.2) is 4.79 Å². The van der Waals surface area contributed by atoms with Crippen LogP contribution in [0, 0.1) is 5.41 Å². The summed E-state index contributed by atoms with van der Waals surface area (Å²) in [7, 11) is 0. The lowest BCUT2D eigenvalue weighted by atomic mass is 10.0. The Morgan fingerprint density at radius 2 is 2.10 bits per heavy atom. The van der Waals surface area contributed by atoms with E-state index in [1.807, 2.05) is 30.3 Å². The van der Waals surface area contributed by atoms with E-state index >= 15 is 0 Å². The van der Waals surface area contributed by atoms with Crippen LogP contribution in [0.5, 0.6) is 5.75 Å². The zero-order valence-electron chi connectivity index (χ0n) is 17.6. The van der Waals surface area contributed by atoms with Crippen molar-refractivity contribution in [3.8, 4) is 5.75 Å². The first-order valence-corrected chi connectivity index (χ1v) is 10.6. The van der Waals surface area contributed by atoms with Gasteiger partial charge in [-0.3, -0.25) is 5.41 Å². The molecule has 31 heavy (non-hydrogen) atoms. The van der Waals surface area contributed by atoms with E-state index < -0.39 is 0 Å². The number of benzene rings is 2. The molecule has 0 aliphatic carbocycles. The number of aryl methyl sites for hydroxylation is 2. The predicted molar refractivity (Wildman–Crippen MR) is 119 cm³/mol. The maximum Gasteiger partial charge on any atom is 0.338 e. The Morgan fingerprint density at radius 1 is 1.23 bits per heavy atom. The van der Waals surface area contributed by atoms with Crippen molar-refractivity contribution in [3.05, 3.63) is 64.9 Å². The molecule has 7 heteroatoms. The van der Waals surface area contributed by atoms with Gasteiger partial charge in [0.25, 0.3) is 0 Å². The number of furan rings is 1. The van der Waals surface area contributed by atoms with Crippen LogP contribution >= 0.6 is 0 Å². The highest BCUT2D eigenvalue weighted by Gasteiger charge is 2.19. The van der Waals surface area contributed by atoms with Gasteiger partial charge in [0.1, 0.15) is 29.0 Å². The molecule has 1 atom stereocenters. The number of rotatable bonds is 8. The Kier molecular flexibility index (Phi) is 6.23. The normalized spacial score (nSPS) is 15.8. The van der Waals surface area contributed by atoms with Gasteiger partial charge in [-0.05, 0) is 68.3 Å². The molecule has 162 valence electrons. The third-order valence-corrected chi connectivity index (χ3v) is 5.41. The van der Waals surface area contributed by atoms with Crippen LogP contribution in [0.15, 0.2) is 46.9 Å². The largest absolute Gasteiger partial charge is 0.489 e. The minimum atomic E-state index is -0.344. The Labute approximate surface area is 181 Å². The molecule has 0 spiro atoms. The van der Waals surface area contributed by atoms with Crippen LogP contribution in [0.4, 0.5) is 0 Å². The standard InChI is InChI=1S/C24H27N3O4/c1-2-29-24(28)21-13-19(30-20-9-10-27-14-20)7-4-15(21)3-6-18-12-17-11-16(23(25)26)5-8-22(17)31-18/h4-5,7-8,11-13,20,27H,2-3,6,9-10,14H2,1H3,(H3,25,26)/t20-/m0/s1. The molecule has 0 bridgehead atoms. The summed E-state index contributed by atoms with van der Waals surface area (Å²) in [6.45, 7) is 3.87. The molecular weight excluding hydrogens is 394 g/mol. The van der Waals surface area contributed by atoms with Gasteiger partial charge in [-0.1, -0.05) is 6.07 Å². The first-order chi connectivity index (χ1) is 15.0. The van der Waals surface area contributed by atoms with Crippen LogP contribution in [0.25, 0.3) is 11.0 Å². The Bertz CT molecular complexity index is 1100. The lowest BCUT2D eigenvalue weighted by molar-refractivity contribution is 0.0524. The van der Waals surface area contributed by atoms with Crippen molar-refractivity contribution in [1.29, 1.82) is 5.41 Å². The number of esters is 1. The predicted octanol–water partition coefficient (Wildman–Crippen LogP) is 3.42. The quantitative estimate of drug-likeness (QED) is 0.292. The molecular formula is C24H27N3O4. The monoisotopic (exact) mass is 421 g/mol. The zero-order valence-corrected chi connectivity index (χ0v) is 17.6. The average Bonchev–Trinajstić information content (AvgIpc) is 3.41. The fraction of sp³-hybridized carbons (Fsp3) is 0.333. The minimum absolute atomic E-state index is 0.0272. The number of carbonyl (C=O) groups excluding carboxylic acids is 1. The Balaban J connectivity index is 1.53. The van der Waals surface area contributed by atoms with Crippen LogP contribution in [0.1, 0.15) is 40.6 Å². The van der Waals surface area contributed by atoms with Gasteiger partial charge in [0.15, 0.2) is 0 Å². The molecule has 4 N–H and O–H groups in total. The zero-order chi connectivity index (χ0) is 21.8. The van der Waals surface area contributed by atoms with E-state index in [4.69, 9.17) is 25.0 Å². The summed E-state index contributed by atoms with van der Waals surface area (Å²) in [4.78, 5) is 12.6. The second-order valence-corrected chi connectivity index (χ2v) is 7.65. The Hall–Kier alpha value is -3.32. The molecule has 0 saturated carbocycles. The minimum Gasteiger partial charge on any atom is -0.489 e. The van der Waals surface area contributed by atoms with Crippen molar-refractivity contribution in [2.75, 3.05) is 19.7 Å². The number of nitrogen functional groups attached to an aromatic ring is 1. The number of amidine groups is 1. The van der Waals surface area contributed by atoms with Crippen molar-refractivity contribution in [3.63, 3.8) is 0 Å². The molecule has 1 saturated heterocycles. The summed E-state index contributed by atoms with van der Waals surface area (Å²) in [5, 5.41) is 11.8. The molecule has 0 unspecified atom stereocenters. The third kappa shape index (κ3) is 4.88. The number of ether oxygens (including phenoxy) is 2. The molecule has 7 nitrogen and oxygen atoms in total. The number of fused-ring (bicyclic) bond motifs is 1. The van der Waals surface area contributed by atoms with Crippen LogP contribution in [0.2, 0.25) is 0 Å².